The van der Waals surface area contributed by atoms with Gasteiger partial charge in [-0.15, -0.1) is 11.6 Å². The van der Waals surface area contributed by atoms with Crippen LogP contribution in [0.15, 0.2) is 0 Å². The number of halogens is 1. The van der Waals surface area contributed by atoms with Crippen molar-refractivity contribution >= 4 is 21.6 Å². The number of rotatable bonds is 5. The van der Waals surface area contributed by atoms with Crippen LogP contribution in [0.2, 0.25) is 0 Å². The Hall–Kier alpha value is 0.200. The molecule has 0 aliphatic rings. The van der Waals surface area contributed by atoms with Gasteiger partial charge in [-0.1, -0.05) is 0 Å². The SMILES string of the molecule is CC(C)S(=O)(=O)NCCCCl. The van der Waals surface area contributed by atoms with Gasteiger partial charge in [0.05, 0.1) is 5.25 Å². The zero-order valence-corrected chi connectivity index (χ0v) is 8.37. The predicted octanol–water partition coefficient (Wildman–Crippen LogP) is 0.943. The molecule has 1 N–H and O–H groups in total. The molecule has 0 radical (unpaired) electrons. The molecule has 0 saturated carbocycles. The third-order valence-electron chi connectivity index (χ3n) is 1.23. The Morgan fingerprint density at radius 1 is 1.45 bits per heavy atom. The average Bonchev–Trinajstić information content (AvgIpc) is 1.88. The van der Waals surface area contributed by atoms with Gasteiger partial charge in [0.15, 0.2) is 0 Å². The van der Waals surface area contributed by atoms with E-state index in [1.165, 1.54) is 0 Å². The highest BCUT2D eigenvalue weighted by Crippen LogP contribution is 1.95. The second kappa shape index (κ2) is 4.95. The lowest BCUT2D eigenvalue weighted by Gasteiger charge is -2.07. The van der Waals surface area contributed by atoms with Crippen LogP contribution in [0.5, 0.6) is 0 Å². The summed E-state index contributed by atoms with van der Waals surface area (Å²) in [7, 11) is -3.08. The van der Waals surface area contributed by atoms with Crippen LogP contribution in [0.3, 0.4) is 0 Å². The monoisotopic (exact) mass is 199 g/mol. The molecule has 0 fully saturated rings. The maximum Gasteiger partial charge on any atom is 0.213 e. The van der Waals surface area contributed by atoms with Crippen molar-refractivity contribution in [1.29, 1.82) is 0 Å². The van der Waals surface area contributed by atoms with Gasteiger partial charge in [-0.05, 0) is 20.3 Å². The molecule has 68 valence electrons. The van der Waals surface area contributed by atoms with E-state index in [0.717, 1.165) is 0 Å². The number of hydrogen-bond donors (Lipinski definition) is 1. The summed E-state index contributed by atoms with van der Waals surface area (Å²) in [5, 5.41) is -0.363. The molecule has 5 heteroatoms. The van der Waals surface area contributed by atoms with Crippen LogP contribution < -0.4 is 4.72 Å². The summed E-state index contributed by atoms with van der Waals surface area (Å²) in [6.07, 6.45) is 0.674. The van der Waals surface area contributed by atoms with E-state index >= 15 is 0 Å². The molecule has 0 rings (SSSR count). The van der Waals surface area contributed by atoms with Crippen molar-refractivity contribution in [3.63, 3.8) is 0 Å². The van der Waals surface area contributed by atoms with Crippen molar-refractivity contribution < 1.29 is 8.42 Å². The van der Waals surface area contributed by atoms with Crippen molar-refractivity contribution in [2.24, 2.45) is 0 Å². The van der Waals surface area contributed by atoms with Crippen LogP contribution in [0.1, 0.15) is 20.3 Å². The highest BCUT2D eigenvalue weighted by Gasteiger charge is 2.13. The van der Waals surface area contributed by atoms with Crippen molar-refractivity contribution in [3.8, 4) is 0 Å². The van der Waals surface area contributed by atoms with Gasteiger partial charge in [0.1, 0.15) is 0 Å². The molecule has 0 aliphatic carbocycles. The van der Waals surface area contributed by atoms with E-state index in [9.17, 15) is 8.42 Å². The first-order valence-electron chi connectivity index (χ1n) is 3.55. The Bertz CT molecular complexity index is 189. The zero-order chi connectivity index (χ0) is 8.91. The highest BCUT2D eigenvalue weighted by molar-refractivity contribution is 7.90. The molecule has 0 spiro atoms. The Morgan fingerprint density at radius 2 is 2.00 bits per heavy atom. The second-order valence-corrected chi connectivity index (χ2v) is 5.23. The van der Waals surface area contributed by atoms with Crippen LogP contribution in [0.4, 0.5) is 0 Å². The van der Waals surface area contributed by atoms with Crippen LogP contribution in [-0.4, -0.2) is 26.1 Å². The third kappa shape index (κ3) is 4.61. The summed E-state index contributed by atoms with van der Waals surface area (Å²) >= 11 is 5.38. The Morgan fingerprint density at radius 3 is 2.36 bits per heavy atom. The fourth-order valence-electron chi connectivity index (χ4n) is 0.448. The summed E-state index contributed by atoms with van der Waals surface area (Å²) in [5.74, 6) is 0.487. The summed E-state index contributed by atoms with van der Waals surface area (Å²) in [6.45, 7) is 3.72. The summed E-state index contributed by atoms with van der Waals surface area (Å²) in [4.78, 5) is 0. The van der Waals surface area contributed by atoms with E-state index in [1.807, 2.05) is 0 Å². The fourth-order valence-corrected chi connectivity index (χ4v) is 1.34. The molecule has 3 nitrogen and oxygen atoms in total. The predicted molar refractivity (Wildman–Crippen MR) is 47.4 cm³/mol. The van der Waals surface area contributed by atoms with E-state index in [-0.39, 0.29) is 5.25 Å². The first-order chi connectivity index (χ1) is 5.00. The molecular formula is C6H14ClNO2S. The van der Waals surface area contributed by atoms with Crippen molar-refractivity contribution in [2.45, 2.75) is 25.5 Å². The quantitative estimate of drug-likeness (QED) is 0.529. The van der Waals surface area contributed by atoms with Gasteiger partial charge in [-0.2, -0.15) is 0 Å². The van der Waals surface area contributed by atoms with Gasteiger partial charge < -0.3 is 0 Å². The van der Waals surface area contributed by atoms with Gasteiger partial charge in [-0.3, -0.25) is 0 Å². The lowest BCUT2D eigenvalue weighted by atomic mass is 10.5. The van der Waals surface area contributed by atoms with Gasteiger partial charge in [0.2, 0.25) is 10.0 Å². The van der Waals surface area contributed by atoms with Crippen molar-refractivity contribution in [3.05, 3.63) is 0 Å². The molecule has 0 aromatic carbocycles. The topological polar surface area (TPSA) is 46.2 Å². The van der Waals surface area contributed by atoms with E-state index in [0.29, 0.717) is 18.8 Å². The summed E-state index contributed by atoms with van der Waals surface area (Å²) in [5.41, 5.74) is 0. The minimum absolute atomic E-state index is 0.363. The molecule has 0 saturated heterocycles. The molecule has 0 aromatic rings. The Balaban J connectivity index is 3.75. The van der Waals surface area contributed by atoms with E-state index < -0.39 is 10.0 Å². The number of alkyl halides is 1. The molecule has 11 heavy (non-hydrogen) atoms. The number of nitrogens with one attached hydrogen (secondary N) is 1. The second-order valence-electron chi connectivity index (χ2n) is 2.53. The van der Waals surface area contributed by atoms with Gasteiger partial charge in [-0.25, -0.2) is 13.1 Å². The van der Waals surface area contributed by atoms with E-state index in [1.54, 1.807) is 13.8 Å². The van der Waals surface area contributed by atoms with E-state index in [4.69, 9.17) is 11.6 Å². The minimum Gasteiger partial charge on any atom is -0.215 e. The van der Waals surface area contributed by atoms with Crippen LogP contribution in [0.25, 0.3) is 0 Å². The van der Waals surface area contributed by atoms with Crippen LogP contribution in [-0.2, 0) is 10.0 Å². The molecule has 0 bridgehead atoms. The first-order valence-corrected chi connectivity index (χ1v) is 5.63. The minimum atomic E-state index is -3.08. The molecule has 0 heterocycles. The zero-order valence-electron chi connectivity index (χ0n) is 6.80. The van der Waals surface area contributed by atoms with Gasteiger partial charge in [0.25, 0.3) is 0 Å². The Kier molecular flexibility index (Phi) is 5.04. The highest BCUT2D eigenvalue weighted by atomic mass is 35.5. The van der Waals surface area contributed by atoms with Crippen LogP contribution >= 0.6 is 11.6 Å². The maximum atomic E-state index is 11.1. The Labute approximate surface area is 73.2 Å². The fraction of sp³-hybridized carbons (Fsp3) is 1.00. The lowest BCUT2D eigenvalue weighted by molar-refractivity contribution is 0.572. The normalized spacial score (nSPS) is 12.4. The largest absolute Gasteiger partial charge is 0.215 e. The molecular weight excluding hydrogens is 186 g/mol. The molecule has 0 aromatic heterocycles. The number of sulfonamides is 1. The maximum absolute atomic E-state index is 11.1. The lowest BCUT2D eigenvalue weighted by Crippen LogP contribution is -2.31. The van der Waals surface area contributed by atoms with Gasteiger partial charge >= 0.3 is 0 Å². The standard InChI is InChI=1S/C6H14ClNO2S/c1-6(2)11(9,10)8-5-3-4-7/h6,8H,3-5H2,1-2H3. The average molecular weight is 200 g/mol. The summed E-state index contributed by atoms with van der Waals surface area (Å²) in [6, 6.07) is 0. The molecule has 0 aliphatic heterocycles. The van der Waals surface area contributed by atoms with Crippen molar-refractivity contribution in [2.75, 3.05) is 12.4 Å². The number of hydrogen-bond acceptors (Lipinski definition) is 2. The first kappa shape index (κ1) is 11.2. The third-order valence-corrected chi connectivity index (χ3v) is 3.35. The van der Waals surface area contributed by atoms with Crippen LogP contribution in [0, 0.1) is 0 Å². The molecule has 0 unspecified atom stereocenters. The molecule has 0 atom stereocenters. The van der Waals surface area contributed by atoms with Gasteiger partial charge in [0, 0.05) is 12.4 Å². The summed E-state index contributed by atoms with van der Waals surface area (Å²) < 4.78 is 24.5. The van der Waals surface area contributed by atoms with Crippen molar-refractivity contribution in [1.82, 2.24) is 4.72 Å². The molecule has 0 amide bonds. The smallest absolute Gasteiger partial charge is 0.213 e. The van der Waals surface area contributed by atoms with E-state index in [2.05, 4.69) is 4.72 Å².